The van der Waals surface area contributed by atoms with Gasteiger partial charge in [-0.15, -0.1) is 0 Å². The number of nitrogens with zero attached hydrogens (tertiary/aromatic N) is 2. The highest BCUT2D eigenvalue weighted by atomic mass is 19.4. The molecule has 9 heteroatoms. The lowest BCUT2D eigenvalue weighted by Crippen LogP contribution is -2.55. The molecule has 2 aliphatic carbocycles. The fourth-order valence-electron chi connectivity index (χ4n) is 4.50. The lowest BCUT2D eigenvalue weighted by atomic mass is 9.60. The number of carboxylic acid groups (broad SMARTS) is 1. The number of rotatable bonds is 2. The Morgan fingerprint density at radius 1 is 0.926 bits per heavy atom. The third-order valence-electron chi connectivity index (χ3n) is 6.42. The summed E-state index contributed by atoms with van der Waals surface area (Å²) in [4.78, 5) is 25.4. The standard InChI is InChI=1S/C16H25FN2O.C2HF3O2/c17-16(3-4-16)14(20)19-9-5-15(6-10-19)11-13(12-15)18-7-1-2-8-18;3-2(4,5)1(6)7/h13H,1-12H2;(H,6,7). The van der Waals surface area contributed by atoms with E-state index in [-0.39, 0.29) is 5.91 Å². The quantitative estimate of drug-likeness (QED) is 0.732. The predicted octanol–water partition coefficient (Wildman–Crippen LogP) is 2.99. The second-order valence-electron chi connectivity index (χ2n) is 8.37. The molecule has 4 fully saturated rings. The monoisotopic (exact) mass is 394 g/mol. The maximum Gasteiger partial charge on any atom is 0.490 e. The Kier molecular flexibility index (Phi) is 5.44. The summed E-state index contributed by atoms with van der Waals surface area (Å²) in [6.07, 6.45) is 3.37. The van der Waals surface area contributed by atoms with Gasteiger partial charge in [-0.25, -0.2) is 9.18 Å². The summed E-state index contributed by atoms with van der Waals surface area (Å²) in [5.41, 5.74) is -0.987. The number of halogens is 4. The van der Waals surface area contributed by atoms with Crippen LogP contribution in [0.2, 0.25) is 0 Å². The van der Waals surface area contributed by atoms with Crippen LogP contribution in [-0.2, 0) is 9.59 Å². The Labute approximate surface area is 155 Å². The number of amides is 1. The number of hydrogen-bond acceptors (Lipinski definition) is 3. The van der Waals surface area contributed by atoms with Gasteiger partial charge in [0.2, 0.25) is 0 Å². The van der Waals surface area contributed by atoms with Crippen LogP contribution in [0.1, 0.15) is 51.4 Å². The summed E-state index contributed by atoms with van der Waals surface area (Å²) in [6, 6.07) is 0.802. The highest BCUT2D eigenvalue weighted by Crippen LogP contribution is 2.52. The van der Waals surface area contributed by atoms with Gasteiger partial charge in [0, 0.05) is 19.1 Å². The summed E-state index contributed by atoms with van der Waals surface area (Å²) >= 11 is 0. The van der Waals surface area contributed by atoms with Gasteiger partial charge in [-0.3, -0.25) is 4.79 Å². The highest BCUT2D eigenvalue weighted by Gasteiger charge is 2.55. The van der Waals surface area contributed by atoms with E-state index in [1.807, 2.05) is 0 Å². The van der Waals surface area contributed by atoms with Crippen molar-refractivity contribution in [2.45, 2.75) is 69.3 Å². The molecule has 0 radical (unpaired) electrons. The highest BCUT2D eigenvalue weighted by molar-refractivity contribution is 5.88. The minimum atomic E-state index is -5.08. The summed E-state index contributed by atoms with van der Waals surface area (Å²) in [5.74, 6) is -2.98. The van der Waals surface area contributed by atoms with E-state index in [2.05, 4.69) is 4.90 Å². The smallest absolute Gasteiger partial charge is 0.475 e. The average Bonchev–Trinajstić information content (AvgIpc) is 3.10. The maximum absolute atomic E-state index is 13.8. The van der Waals surface area contributed by atoms with Crippen LogP contribution in [-0.4, -0.2) is 70.8 Å². The Morgan fingerprint density at radius 3 is 1.81 bits per heavy atom. The van der Waals surface area contributed by atoms with E-state index in [0.717, 1.165) is 32.0 Å². The first-order valence-electron chi connectivity index (χ1n) is 9.57. The minimum absolute atomic E-state index is 0.220. The molecule has 2 saturated heterocycles. The topological polar surface area (TPSA) is 60.9 Å². The lowest BCUT2D eigenvalue weighted by Gasteiger charge is -2.54. The third kappa shape index (κ3) is 4.55. The van der Waals surface area contributed by atoms with Gasteiger partial charge in [-0.05, 0) is 69.9 Å². The first kappa shape index (κ1) is 20.4. The van der Waals surface area contributed by atoms with Gasteiger partial charge in [0.15, 0.2) is 5.67 Å². The fraction of sp³-hybridized carbons (Fsp3) is 0.889. The Bertz CT molecular complexity index is 570. The average molecular weight is 394 g/mol. The van der Waals surface area contributed by atoms with Crippen molar-refractivity contribution < 1.29 is 32.3 Å². The molecule has 2 saturated carbocycles. The lowest BCUT2D eigenvalue weighted by molar-refractivity contribution is -0.192. The van der Waals surface area contributed by atoms with Gasteiger partial charge in [-0.2, -0.15) is 13.2 Å². The molecule has 1 N–H and O–H groups in total. The normalized spacial score (nSPS) is 26.9. The van der Waals surface area contributed by atoms with Crippen LogP contribution in [0, 0.1) is 5.41 Å². The molecule has 0 aromatic carbocycles. The molecule has 5 nitrogen and oxygen atoms in total. The SMILES string of the molecule is O=C(N1CCC2(CC1)CC(N1CCCC1)C2)C1(F)CC1.O=C(O)C(F)(F)F. The largest absolute Gasteiger partial charge is 0.490 e. The number of alkyl halides is 4. The first-order valence-corrected chi connectivity index (χ1v) is 9.57. The molecule has 2 heterocycles. The molecule has 1 amide bonds. The van der Waals surface area contributed by atoms with E-state index < -0.39 is 17.8 Å². The Balaban J connectivity index is 0.000000260. The summed E-state index contributed by atoms with van der Waals surface area (Å²) < 4.78 is 45.6. The second-order valence-corrected chi connectivity index (χ2v) is 8.37. The molecule has 0 atom stereocenters. The number of likely N-dealkylation sites (tertiary alicyclic amines) is 2. The number of piperidine rings is 1. The van der Waals surface area contributed by atoms with Crippen LogP contribution >= 0.6 is 0 Å². The van der Waals surface area contributed by atoms with Crippen LogP contribution in [0.5, 0.6) is 0 Å². The molecule has 1 spiro atoms. The molecule has 154 valence electrons. The van der Waals surface area contributed by atoms with Gasteiger partial charge >= 0.3 is 12.1 Å². The van der Waals surface area contributed by atoms with Crippen molar-refractivity contribution in [3.05, 3.63) is 0 Å². The van der Waals surface area contributed by atoms with Crippen LogP contribution in [0.4, 0.5) is 17.6 Å². The number of carbonyl (C=O) groups excluding carboxylic acids is 1. The van der Waals surface area contributed by atoms with E-state index in [9.17, 15) is 22.4 Å². The number of aliphatic carboxylic acids is 1. The maximum atomic E-state index is 13.8. The summed E-state index contributed by atoms with van der Waals surface area (Å²) in [6.45, 7) is 4.15. The molecule has 4 aliphatic rings. The zero-order chi connectivity index (χ0) is 19.9. The fourth-order valence-corrected chi connectivity index (χ4v) is 4.50. The Morgan fingerprint density at radius 2 is 1.41 bits per heavy atom. The van der Waals surface area contributed by atoms with E-state index >= 15 is 0 Å². The molecule has 4 rings (SSSR count). The predicted molar refractivity (Wildman–Crippen MR) is 88.8 cm³/mol. The number of carboxylic acids is 1. The van der Waals surface area contributed by atoms with Crippen molar-refractivity contribution >= 4 is 11.9 Å². The van der Waals surface area contributed by atoms with Gasteiger partial charge in [0.25, 0.3) is 5.91 Å². The first-order chi connectivity index (χ1) is 12.5. The van der Waals surface area contributed by atoms with E-state index in [1.165, 1.54) is 38.8 Å². The van der Waals surface area contributed by atoms with Crippen molar-refractivity contribution in [1.29, 1.82) is 0 Å². The molecule has 0 aromatic heterocycles. The van der Waals surface area contributed by atoms with Crippen LogP contribution in [0.25, 0.3) is 0 Å². The van der Waals surface area contributed by atoms with E-state index in [4.69, 9.17) is 9.90 Å². The van der Waals surface area contributed by atoms with Crippen LogP contribution in [0.3, 0.4) is 0 Å². The van der Waals surface area contributed by atoms with E-state index in [0.29, 0.717) is 18.3 Å². The van der Waals surface area contributed by atoms with Gasteiger partial charge < -0.3 is 14.9 Å². The third-order valence-corrected chi connectivity index (χ3v) is 6.42. The molecule has 0 unspecified atom stereocenters. The molecule has 0 aromatic rings. The number of hydrogen-bond donors (Lipinski definition) is 1. The minimum Gasteiger partial charge on any atom is -0.475 e. The summed E-state index contributed by atoms with van der Waals surface area (Å²) in [7, 11) is 0. The van der Waals surface area contributed by atoms with Crippen molar-refractivity contribution in [2.24, 2.45) is 5.41 Å². The molecular formula is C18H26F4N2O3. The van der Waals surface area contributed by atoms with Gasteiger partial charge in [-0.1, -0.05) is 0 Å². The molecule has 0 bridgehead atoms. The van der Waals surface area contributed by atoms with Crippen molar-refractivity contribution in [3.63, 3.8) is 0 Å². The second kappa shape index (κ2) is 7.22. The van der Waals surface area contributed by atoms with Gasteiger partial charge in [0.05, 0.1) is 0 Å². The molecule has 27 heavy (non-hydrogen) atoms. The van der Waals surface area contributed by atoms with E-state index in [1.54, 1.807) is 4.90 Å². The van der Waals surface area contributed by atoms with Crippen molar-refractivity contribution in [2.75, 3.05) is 26.2 Å². The Hall–Kier alpha value is -1.38. The van der Waals surface area contributed by atoms with Crippen molar-refractivity contribution in [3.8, 4) is 0 Å². The van der Waals surface area contributed by atoms with Crippen molar-refractivity contribution in [1.82, 2.24) is 9.80 Å². The van der Waals surface area contributed by atoms with Crippen LogP contribution < -0.4 is 0 Å². The molecular weight excluding hydrogens is 368 g/mol. The zero-order valence-electron chi connectivity index (χ0n) is 15.2. The molecule has 2 aliphatic heterocycles. The zero-order valence-corrected chi connectivity index (χ0v) is 15.2. The van der Waals surface area contributed by atoms with Crippen LogP contribution in [0.15, 0.2) is 0 Å². The number of carbonyl (C=O) groups is 2. The summed E-state index contributed by atoms with van der Waals surface area (Å²) in [5, 5.41) is 7.12. The van der Waals surface area contributed by atoms with Gasteiger partial charge in [0.1, 0.15) is 0 Å².